The van der Waals surface area contributed by atoms with Crippen LogP contribution in [-0.2, 0) is 18.2 Å². The monoisotopic (exact) mass is 265 g/mol. The molecular weight excluding hydrogens is 238 g/mol. The van der Waals surface area contributed by atoms with Crippen molar-refractivity contribution in [2.24, 2.45) is 18.7 Å². The molecular formula is C15H27N3O. The van der Waals surface area contributed by atoms with E-state index in [2.05, 4.69) is 11.9 Å². The Labute approximate surface area is 116 Å². The van der Waals surface area contributed by atoms with Gasteiger partial charge in [-0.05, 0) is 25.7 Å². The van der Waals surface area contributed by atoms with Gasteiger partial charge in [0.05, 0.1) is 6.10 Å². The van der Waals surface area contributed by atoms with E-state index in [1.165, 1.54) is 32.1 Å². The van der Waals surface area contributed by atoms with Gasteiger partial charge in [0.25, 0.3) is 0 Å². The van der Waals surface area contributed by atoms with Crippen LogP contribution in [0.1, 0.15) is 44.9 Å². The van der Waals surface area contributed by atoms with Crippen LogP contribution >= 0.6 is 0 Å². The highest BCUT2D eigenvalue weighted by atomic mass is 16.5. The topological polar surface area (TPSA) is 53.1 Å². The van der Waals surface area contributed by atoms with E-state index >= 15 is 0 Å². The van der Waals surface area contributed by atoms with Gasteiger partial charge >= 0.3 is 0 Å². The molecule has 1 aliphatic rings. The Morgan fingerprint density at radius 3 is 2.74 bits per heavy atom. The third kappa shape index (κ3) is 3.80. The van der Waals surface area contributed by atoms with Crippen LogP contribution in [0, 0.1) is 5.92 Å². The molecule has 0 aliphatic heterocycles. The molecule has 108 valence electrons. The largest absolute Gasteiger partial charge is 0.377 e. The summed E-state index contributed by atoms with van der Waals surface area (Å²) in [7, 11) is 2.02. The van der Waals surface area contributed by atoms with Crippen molar-refractivity contribution in [1.29, 1.82) is 0 Å². The first kappa shape index (κ1) is 14.5. The number of imidazole rings is 1. The molecule has 1 aromatic heterocycles. The molecule has 0 aromatic carbocycles. The van der Waals surface area contributed by atoms with E-state index < -0.39 is 0 Å². The molecule has 0 saturated heterocycles. The first-order valence-corrected chi connectivity index (χ1v) is 7.55. The van der Waals surface area contributed by atoms with Gasteiger partial charge in [-0.3, -0.25) is 0 Å². The average molecular weight is 265 g/mol. The summed E-state index contributed by atoms with van der Waals surface area (Å²) in [5, 5.41) is 0. The lowest BCUT2D eigenvalue weighted by atomic mass is 9.82. The Balaban J connectivity index is 1.98. The van der Waals surface area contributed by atoms with E-state index in [1.54, 1.807) is 0 Å². The Bertz CT molecular complexity index is 371. The number of hydrogen-bond donors (Lipinski definition) is 1. The van der Waals surface area contributed by atoms with Crippen LogP contribution in [0.15, 0.2) is 12.4 Å². The number of ether oxygens (including phenoxy) is 1. The fraction of sp³-hybridized carbons (Fsp3) is 0.800. The molecule has 1 saturated carbocycles. The molecule has 4 nitrogen and oxygen atoms in total. The van der Waals surface area contributed by atoms with Gasteiger partial charge in [-0.1, -0.05) is 19.3 Å². The SMILES string of the molecule is CCOC(C(N)Cc1nccn1C)C1CCCCC1. The number of aryl methyl sites for hydroxylation is 1. The molecule has 0 bridgehead atoms. The molecule has 1 aliphatic carbocycles. The molecule has 19 heavy (non-hydrogen) atoms. The lowest BCUT2D eigenvalue weighted by Gasteiger charge is -2.33. The van der Waals surface area contributed by atoms with Crippen LogP contribution in [0.5, 0.6) is 0 Å². The summed E-state index contributed by atoms with van der Waals surface area (Å²) in [6.07, 6.45) is 11.3. The summed E-state index contributed by atoms with van der Waals surface area (Å²) in [5.41, 5.74) is 6.42. The minimum Gasteiger partial charge on any atom is -0.377 e. The Hall–Kier alpha value is -0.870. The summed E-state index contributed by atoms with van der Waals surface area (Å²) < 4.78 is 8.02. The van der Waals surface area contributed by atoms with Gasteiger partial charge in [-0.2, -0.15) is 0 Å². The molecule has 0 radical (unpaired) electrons. The highest BCUT2D eigenvalue weighted by Gasteiger charge is 2.29. The van der Waals surface area contributed by atoms with Gasteiger partial charge in [0.1, 0.15) is 5.82 Å². The predicted molar refractivity (Wildman–Crippen MR) is 76.9 cm³/mol. The smallest absolute Gasteiger partial charge is 0.110 e. The summed E-state index contributed by atoms with van der Waals surface area (Å²) in [4.78, 5) is 4.37. The van der Waals surface area contributed by atoms with Crippen molar-refractivity contribution >= 4 is 0 Å². The van der Waals surface area contributed by atoms with Crippen molar-refractivity contribution in [2.75, 3.05) is 6.61 Å². The van der Waals surface area contributed by atoms with Crippen molar-refractivity contribution < 1.29 is 4.74 Å². The van der Waals surface area contributed by atoms with Gasteiger partial charge < -0.3 is 15.0 Å². The van der Waals surface area contributed by atoms with E-state index in [-0.39, 0.29) is 12.1 Å². The van der Waals surface area contributed by atoms with Crippen molar-refractivity contribution in [3.8, 4) is 0 Å². The maximum absolute atomic E-state index is 6.42. The van der Waals surface area contributed by atoms with Gasteiger partial charge in [0.2, 0.25) is 0 Å². The normalized spacial score (nSPS) is 20.4. The van der Waals surface area contributed by atoms with Crippen LogP contribution in [0.3, 0.4) is 0 Å². The van der Waals surface area contributed by atoms with Crippen LogP contribution in [-0.4, -0.2) is 28.3 Å². The third-order valence-electron chi connectivity index (χ3n) is 4.23. The number of nitrogens with zero attached hydrogens (tertiary/aromatic N) is 2. The minimum absolute atomic E-state index is 0.0455. The van der Waals surface area contributed by atoms with Crippen molar-refractivity contribution in [1.82, 2.24) is 9.55 Å². The van der Waals surface area contributed by atoms with Crippen molar-refractivity contribution in [3.63, 3.8) is 0 Å². The molecule has 2 unspecified atom stereocenters. The van der Waals surface area contributed by atoms with Crippen molar-refractivity contribution in [3.05, 3.63) is 18.2 Å². The summed E-state index contributed by atoms with van der Waals surface area (Å²) in [5.74, 6) is 1.68. The second-order valence-electron chi connectivity index (χ2n) is 5.64. The quantitative estimate of drug-likeness (QED) is 0.858. The average Bonchev–Trinajstić information content (AvgIpc) is 2.82. The highest BCUT2D eigenvalue weighted by molar-refractivity contribution is 4.97. The Morgan fingerprint density at radius 1 is 1.42 bits per heavy atom. The maximum Gasteiger partial charge on any atom is 0.110 e. The van der Waals surface area contributed by atoms with Gasteiger partial charge in [0, 0.05) is 38.5 Å². The number of aromatic nitrogens is 2. The molecule has 1 heterocycles. The zero-order valence-electron chi connectivity index (χ0n) is 12.2. The van der Waals surface area contributed by atoms with Crippen LogP contribution in [0.2, 0.25) is 0 Å². The second-order valence-corrected chi connectivity index (χ2v) is 5.64. The fourth-order valence-electron chi connectivity index (χ4n) is 3.18. The zero-order valence-corrected chi connectivity index (χ0v) is 12.2. The number of nitrogens with two attached hydrogens (primary N) is 1. The highest BCUT2D eigenvalue weighted by Crippen LogP contribution is 2.29. The zero-order chi connectivity index (χ0) is 13.7. The van der Waals surface area contributed by atoms with Crippen LogP contribution in [0.25, 0.3) is 0 Å². The van der Waals surface area contributed by atoms with Gasteiger partial charge in [-0.25, -0.2) is 4.98 Å². The first-order valence-electron chi connectivity index (χ1n) is 7.55. The van der Waals surface area contributed by atoms with Gasteiger partial charge in [-0.15, -0.1) is 0 Å². The van der Waals surface area contributed by atoms with E-state index in [1.807, 2.05) is 24.0 Å². The lowest BCUT2D eigenvalue weighted by Crippen LogP contribution is -2.44. The molecule has 2 N–H and O–H groups in total. The molecule has 4 heteroatoms. The molecule has 1 fully saturated rings. The maximum atomic E-state index is 6.42. The Morgan fingerprint density at radius 2 is 2.16 bits per heavy atom. The van der Waals surface area contributed by atoms with Crippen molar-refractivity contribution in [2.45, 2.75) is 57.6 Å². The minimum atomic E-state index is 0.0455. The third-order valence-corrected chi connectivity index (χ3v) is 4.23. The summed E-state index contributed by atoms with van der Waals surface area (Å²) in [6.45, 7) is 2.80. The van der Waals surface area contributed by atoms with Crippen LogP contribution < -0.4 is 5.73 Å². The van der Waals surface area contributed by atoms with Crippen LogP contribution in [0.4, 0.5) is 0 Å². The fourth-order valence-corrected chi connectivity index (χ4v) is 3.18. The molecule has 2 atom stereocenters. The second kappa shape index (κ2) is 7.06. The van der Waals surface area contributed by atoms with E-state index in [9.17, 15) is 0 Å². The van der Waals surface area contributed by atoms with Gasteiger partial charge in [0.15, 0.2) is 0 Å². The standard InChI is InChI=1S/C15H27N3O/c1-3-19-15(12-7-5-4-6-8-12)13(16)11-14-17-9-10-18(14)2/h9-10,12-13,15H,3-8,11,16H2,1-2H3. The molecule has 2 rings (SSSR count). The van der Waals surface area contributed by atoms with E-state index in [4.69, 9.17) is 10.5 Å². The molecule has 0 spiro atoms. The first-order chi connectivity index (χ1) is 9.22. The molecule has 1 aromatic rings. The lowest BCUT2D eigenvalue weighted by molar-refractivity contribution is -0.00957. The predicted octanol–water partition coefficient (Wildman–Crippen LogP) is 2.28. The Kier molecular flexibility index (Phi) is 5.40. The van der Waals surface area contributed by atoms with E-state index in [0.717, 1.165) is 18.9 Å². The molecule has 0 amide bonds. The summed E-state index contributed by atoms with van der Waals surface area (Å²) >= 11 is 0. The number of rotatable bonds is 6. The number of hydrogen-bond acceptors (Lipinski definition) is 3. The summed E-state index contributed by atoms with van der Waals surface area (Å²) in [6, 6.07) is 0.0455. The van der Waals surface area contributed by atoms with E-state index in [0.29, 0.717) is 5.92 Å².